The van der Waals surface area contributed by atoms with Crippen LogP contribution in [0.5, 0.6) is 5.75 Å². The summed E-state index contributed by atoms with van der Waals surface area (Å²) in [7, 11) is 0. The van der Waals surface area contributed by atoms with Gasteiger partial charge in [0.05, 0.1) is 0 Å². The molecule has 0 saturated heterocycles. The molecular formula is C16H25NO2. The van der Waals surface area contributed by atoms with E-state index in [9.17, 15) is 9.90 Å². The SMILES string of the molecule is Cc1c(O)cccc1C(=O)NC(C)(C)CC(C)(C)C. The van der Waals surface area contributed by atoms with Gasteiger partial charge in [0.25, 0.3) is 5.91 Å². The second-order valence-corrected chi connectivity index (χ2v) is 7.03. The predicted molar refractivity (Wildman–Crippen MR) is 78.5 cm³/mol. The van der Waals surface area contributed by atoms with E-state index in [0.717, 1.165) is 6.42 Å². The summed E-state index contributed by atoms with van der Waals surface area (Å²) < 4.78 is 0. The number of rotatable bonds is 3. The molecule has 3 heteroatoms. The molecule has 0 fully saturated rings. The Hall–Kier alpha value is -1.51. The number of carbonyl (C=O) groups excluding carboxylic acids is 1. The lowest BCUT2D eigenvalue weighted by Crippen LogP contribution is -2.46. The lowest BCUT2D eigenvalue weighted by Gasteiger charge is -2.33. The van der Waals surface area contributed by atoms with Crippen LogP contribution in [-0.4, -0.2) is 16.6 Å². The average molecular weight is 263 g/mol. The standard InChI is InChI=1S/C16H25NO2/c1-11-12(8-7-9-13(11)18)14(19)17-16(5,6)10-15(2,3)4/h7-9,18H,10H2,1-6H3,(H,17,19). The van der Waals surface area contributed by atoms with Gasteiger partial charge in [-0.05, 0) is 44.7 Å². The maximum atomic E-state index is 12.3. The molecule has 0 heterocycles. The summed E-state index contributed by atoms with van der Waals surface area (Å²) in [6.45, 7) is 12.3. The van der Waals surface area contributed by atoms with E-state index in [-0.39, 0.29) is 22.6 Å². The van der Waals surface area contributed by atoms with Crippen molar-refractivity contribution in [2.24, 2.45) is 5.41 Å². The summed E-state index contributed by atoms with van der Waals surface area (Å²) in [6.07, 6.45) is 0.879. The first-order valence-corrected chi connectivity index (χ1v) is 6.63. The zero-order valence-corrected chi connectivity index (χ0v) is 12.8. The van der Waals surface area contributed by atoms with Crippen LogP contribution in [0.15, 0.2) is 18.2 Å². The monoisotopic (exact) mass is 263 g/mol. The fourth-order valence-corrected chi connectivity index (χ4v) is 2.61. The highest BCUT2D eigenvalue weighted by atomic mass is 16.3. The smallest absolute Gasteiger partial charge is 0.252 e. The lowest BCUT2D eigenvalue weighted by molar-refractivity contribution is 0.0890. The van der Waals surface area contributed by atoms with Gasteiger partial charge in [-0.3, -0.25) is 4.79 Å². The number of aromatic hydroxyl groups is 1. The third-order valence-corrected chi connectivity index (χ3v) is 2.97. The molecule has 0 aliphatic heterocycles. The van der Waals surface area contributed by atoms with Crippen molar-refractivity contribution in [3.05, 3.63) is 29.3 Å². The van der Waals surface area contributed by atoms with E-state index >= 15 is 0 Å². The summed E-state index contributed by atoms with van der Waals surface area (Å²) in [5, 5.41) is 12.7. The molecule has 0 radical (unpaired) electrons. The number of nitrogens with one attached hydrogen (secondary N) is 1. The van der Waals surface area contributed by atoms with Crippen molar-refractivity contribution in [1.82, 2.24) is 5.32 Å². The summed E-state index contributed by atoms with van der Waals surface area (Å²) in [5.74, 6) is 0.0175. The predicted octanol–water partition coefficient (Wildman–Crippen LogP) is 3.65. The fraction of sp³-hybridized carbons (Fsp3) is 0.562. The van der Waals surface area contributed by atoms with Crippen molar-refractivity contribution < 1.29 is 9.90 Å². The number of carbonyl (C=O) groups is 1. The van der Waals surface area contributed by atoms with Crippen LogP contribution < -0.4 is 5.32 Å². The molecule has 1 aromatic rings. The highest BCUT2D eigenvalue weighted by Gasteiger charge is 2.27. The fourth-order valence-electron chi connectivity index (χ4n) is 2.61. The highest BCUT2D eigenvalue weighted by Crippen LogP contribution is 2.27. The molecule has 0 aliphatic rings. The van der Waals surface area contributed by atoms with Crippen molar-refractivity contribution >= 4 is 5.91 Å². The second kappa shape index (κ2) is 5.24. The highest BCUT2D eigenvalue weighted by molar-refractivity contribution is 5.96. The first kappa shape index (κ1) is 15.5. The van der Waals surface area contributed by atoms with E-state index in [4.69, 9.17) is 0 Å². The summed E-state index contributed by atoms with van der Waals surface area (Å²) >= 11 is 0. The lowest BCUT2D eigenvalue weighted by atomic mass is 9.81. The summed E-state index contributed by atoms with van der Waals surface area (Å²) in [5.41, 5.74) is 1.01. The normalized spacial score (nSPS) is 12.3. The Labute approximate surface area is 116 Å². The molecule has 0 unspecified atom stereocenters. The minimum absolute atomic E-state index is 0.136. The minimum atomic E-state index is -0.284. The number of benzene rings is 1. The Morgan fingerprint density at radius 1 is 1.21 bits per heavy atom. The van der Waals surface area contributed by atoms with Gasteiger partial charge in [0.1, 0.15) is 5.75 Å². The van der Waals surface area contributed by atoms with Crippen LogP contribution in [0.25, 0.3) is 0 Å². The van der Waals surface area contributed by atoms with Gasteiger partial charge < -0.3 is 10.4 Å². The molecule has 0 atom stereocenters. The Kier molecular flexibility index (Phi) is 4.28. The van der Waals surface area contributed by atoms with Crippen molar-refractivity contribution in [2.75, 3.05) is 0 Å². The number of phenols is 1. The van der Waals surface area contributed by atoms with E-state index in [1.165, 1.54) is 0 Å². The van der Waals surface area contributed by atoms with Crippen molar-refractivity contribution in [3.8, 4) is 5.75 Å². The number of hydrogen-bond acceptors (Lipinski definition) is 2. The Balaban J connectivity index is 2.88. The van der Waals surface area contributed by atoms with Crippen molar-refractivity contribution in [2.45, 2.75) is 53.5 Å². The number of amides is 1. The van der Waals surface area contributed by atoms with E-state index in [2.05, 4.69) is 26.1 Å². The van der Waals surface area contributed by atoms with Crippen LogP contribution in [0.2, 0.25) is 0 Å². The first-order chi connectivity index (χ1) is 8.52. The molecule has 0 aliphatic carbocycles. The van der Waals surface area contributed by atoms with Gasteiger partial charge in [-0.2, -0.15) is 0 Å². The Bertz CT molecular complexity index is 470. The molecule has 0 saturated carbocycles. The first-order valence-electron chi connectivity index (χ1n) is 6.63. The molecule has 1 aromatic carbocycles. The minimum Gasteiger partial charge on any atom is -0.508 e. The van der Waals surface area contributed by atoms with E-state index in [1.54, 1.807) is 25.1 Å². The molecule has 1 rings (SSSR count). The van der Waals surface area contributed by atoms with Crippen LogP contribution in [0.1, 0.15) is 57.0 Å². The maximum Gasteiger partial charge on any atom is 0.252 e. The molecule has 0 aromatic heterocycles. The Morgan fingerprint density at radius 3 is 2.32 bits per heavy atom. The Morgan fingerprint density at radius 2 is 1.79 bits per heavy atom. The molecule has 1 amide bonds. The van der Waals surface area contributed by atoms with Gasteiger partial charge in [-0.15, -0.1) is 0 Å². The van der Waals surface area contributed by atoms with Crippen LogP contribution in [0, 0.1) is 12.3 Å². The van der Waals surface area contributed by atoms with Crippen molar-refractivity contribution in [3.63, 3.8) is 0 Å². The van der Waals surface area contributed by atoms with Crippen LogP contribution in [0.3, 0.4) is 0 Å². The van der Waals surface area contributed by atoms with Gasteiger partial charge >= 0.3 is 0 Å². The molecule has 2 N–H and O–H groups in total. The number of phenolic OH excluding ortho intramolecular Hbond substituents is 1. The molecule has 0 bridgehead atoms. The second-order valence-electron chi connectivity index (χ2n) is 7.03. The van der Waals surface area contributed by atoms with E-state index in [0.29, 0.717) is 11.1 Å². The van der Waals surface area contributed by atoms with Gasteiger partial charge in [0.2, 0.25) is 0 Å². The van der Waals surface area contributed by atoms with E-state index in [1.807, 2.05) is 13.8 Å². The zero-order valence-electron chi connectivity index (χ0n) is 12.8. The van der Waals surface area contributed by atoms with Crippen LogP contribution in [0.4, 0.5) is 0 Å². The summed E-state index contributed by atoms with van der Waals surface area (Å²) in [6, 6.07) is 5.01. The topological polar surface area (TPSA) is 49.3 Å². The van der Waals surface area contributed by atoms with E-state index < -0.39 is 0 Å². The third kappa shape index (κ3) is 4.58. The molecule has 0 spiro atoms. The third-order valence-electron chi connectivity index (χ3n) is 2.97. The van der Waals surface area contributed by atoms with Gasteiger partial charge in [0.15, 0.2) is 0 Å². The zero-order chi connectivity index (χ0) is 14.8. The quantitative estimate of drug-likeness (QED) is 0.874. The molecular weight excluding hydrogens is 238 g/mol. The van der Waals surface area contributed by atoms with Crippen LogP contribution in [-0.2, 0) is 0 Å². The van der Waals surface area contributed by atoms with Crippen molar-refractivity contribution in [1.29, 1.82) is 0 Å². The van der Waals surface area contributed by atoms with Gasteiger partial charge in [-0.1, -0.05) is 26.8 Å². The van der Waals surface area contributed by atoms with Crippen LogP contribution >= 0.6 is 0 Å². The molecule has 106 valence electrons. The van der Waals surface area contributed by atoms with Gasteiger partial charge in [-0.25, -0.2) is 0 Å². The summed E-state index contributed by atoms with van der Waals surface area (Å²) in [4.78, 5) is 12.3. The average Bonchev–Trinajstić information content (AvgIpc) is 2.17. The number of hydrogen-bond donors (Lipinski definition) is 2. The largest absolute Gasteiger partial charge is 0.508 e. The maximum absolute atomic E-state index is 12.3. The molecule has 19 heavy (non-hydrogen) atoms. The van der Waals surface area contributed by atoms with Gasteiger partial charge in [0, 0.05) is 16.7 Å². The molecule has 3 nitrogen and oxygen atoms in total.